The van der Waals surface area contributed by atoms with E-state index in [0.717, 1.165) is 11.1 Å². The summed E-state index contributed by atoms with van der Waals surface area (Å²) < 4.78 is 16.9. The summed E-state index contributed by atoms with van der Waals surface area (Å²) in [5, 5.41) is 0. The SMILES string of the molecule is CCOC(=O)C(Oc1ccc2c(c1)OC(=Cc1cccc(C)c1)C2=O)c1ccccc1. The molecule has 0 aromatic heterocycles. The van der Waals surface area contributed by atoms with Crippen LogP contribution >= 0.6 is 0 Å². The first-order valence-corrected chi connectivity index (χ1v) is 10.1. The van der Waals surface area contributed by atoms with Gasteiger partial charge in [-0.25, -0.2) is 4.79 Å². The predicted octanol–water partition coefficient (Wildman–Crippen LogP) is 5.29. The Labute approximate surface area is 180 Å². The lowest BCUT2D eigenvalue weighted by Gasteiger charge is -2.18. The first kappa shape index (κ1) is 20.4. The summed E-state index contributed by atoms with van der Waals surface area (Å²) in [6, 6.07) is 21.9. The Bertz CT molecular complexity index is 1150. The average Bonchev–Trinajstić information content (AvgIpc) is 3.07. The standard InChI is InChI=1S/C26H22O5/c1-3-29-26(28)25(19-10-5-4-6-11-19)30-20-12-13-21-22(16-20)31-23(24(21)27)15-18-9-7-8-17(2)14-18/h4-16,25H,3H2,1-2H3. The normalized spacial score (nSPS) is 14.6. The maximum atomic E-state index is 12.7. The Balaban J connectivity index is 1.59. The van der Waals surface area contributed by atoms with Gasteiger partial charge < -0.3 is 14.2 Å². The van der Waals surface area contributed by atoms with Crippen molar-refractivity contribution < 1.29 is 23.8 Å². The van der Waals surface area contributed by atoms with Crippen molar-refractivity contribution >= 4 is 17.8 Å². The molecule has 1 heterocycles. The molecule has 0 radical (unpaired) electrons. The zero-order valence-electron chi connectivity index (χ0n) is 17.3. The second-order valence-corrected chi connectivity index (χ2v) is 7.17. The van der Waals surface area contributed by atoms with Gasteiger partial charge in [0.2, 0.25) is 11.9 Å². The van der Waals surface area contributed by atoms with Gasteiger partial charge in [0.1, 0.15) is 11.5 Å². The minimum absolute atomic E-state index is 0.187. The first-order chi connectivity index (χ1) is 15.0. The van der Waals surface area contributed by atoms with E-state index in [1.54, 1.807) is 43.3 Å². The molecule has 0 saturated carbocycles. The molecular weight excluding hydrogens is 392 g/mol. The van der Waals surface area contributed by atoms with Crippen molar-refractivity contribution in [3.05, 3.63) is 101 Å². The minimum Gasteiger partial charge on any atom is -0.474 e. The molecule has 0 spiro atoms. The number of allylic oxidation sites excluding steroid dienone is 1. The van der Waals surface area contributed by atoms with E-state index in [0.29, 0.717) is 22.6 Å². The second-order valence-electron chi connectivity index (χ2n) is 7.17. The van der Waals surface area contributed by atoms with E-state index in [9.17, 15) is 9.59 Å². The Morgan fingerprint density at radius 1 is 1.03 bits per heavy atom. The molecule has 3 aromatic carbocycles. The van der Waals surface area contributed by atoms with Crippen LogP contribution in [0.15, 0.2) is 78.6 Å². The topological polar surface area (TPSA) is 61.8 Å². The maximum absolute atomic E-state index is 12.7. The zero-order chi connectivity index (χ0) is 21.8. The Morgan fingerprint density at radius 2 is 1.84 bits per heavy atom. The molecule has 5 nitrogen and oxygen atoms in total. The van der Waals surface area contributed by atoms with Crippen LogP contribution in [0.5, 0.6) is 11.5 Å². The number of ketones is 1. The molecule has 31 heavy (non-hydrogen) atoms. The van der Waals surface area contributed by atoms with Crippen LogP contribution in [0.3, 0.4) is 0 Å². The molecule has 1 atom stereocenters. The van der Waals surface area contributed by atoms with Crippen molar-refractivity contribution in [2.45, 2.75) is 20.0 Å². The number of ether oxygens (including phenoxy) is 3. The summed E-state index contributed by atoms with van der Waals surface area (Å²) in [6.45, 7) is 3.99. The molecule has 5 heteroatoms. The summed E-state index contributed by atoms with van der Waals surface area (Å²) in [7, 11) is 0. The monoisotopic (exact) mass is 414 g/mol. The number of carbonyl (C=O) groups is 2. The van der Waals surface area contributed by atoms with Crippen molar-refractivity contribution in [3.63, 3.8) is 0 Å². The third kappa shape index (κ3) is 4.51. The molecule has 0 bridgehead atoms. The average molecular weight is 414 g/mol. The quantitative estimate of drug-likeness (QED) is 0.405. The number of esters is 1. The fraction of sp³-hybridized carbons (Fsp3) is 0.154. The third-order valence-corrected chi connectivity index (χ3v) is 4.84. The van der Waals surface area contributed by atoms with Gasteiger partial charge in [-0.15, -0.1) is 0 Å². The molecule has 1 aliphatic heterocycles. The van der Waals surface area contributed by atoms with Gasteiger partial charge in [-0.05, 0) is 37.6 Å². The van der Waals surface area contributed by atoms with Gasteiger partial charge in [0, 0.05) is 11.6 Å². The largest absolute Gasteiger partial charge is 0.474 e. The number of Topliss-reactive ketones (excluding diaryl/α,β-unsaturated/α-hetero) is 1. The Kier molecular flexibility index (Phi) is 5.85. The Morgan fingerprint density at radius 3 is 2.58 bits per heavy atom. The predicted molar refractivity (Wildman–Crippen MR) is 117 cm³/mol. The highest BCUT2D eigenvalue weighted by molar-refractivity contribution is 6.14. The number of hydrogen-bond donors (Lipinski definition) is 0. The highest BCUT2D eigenvalue weighted by Gasteiger charge is 2.29. The molecule has 0 aliphatic carbocycles. The van der Waals surface area contributed by atoms with E-state index in [1.807, 2.05) is 49.4 Å². The van der Waals surface area contributed by atoms with E-state index in [4.69, 9.17) is 14.2 Å². The van der Waals surface area contributed by atoms with Gasteiger partial charge in [0.25, 0.3) is 0 Å². The molecule has 1 aliphatic rings. The van der Waals surface area contributed by atoms with Gasteiger partial charge in [-0.1, -0.05) is 60.2 Å². The maximum Gasteiger partial charge on any atom is 0.352 e. The molecule has 3 aromatic rings. The van der Waals surface area contributed by atoms with Crippen molar-refractivity contribution in [3.8, 4) is 11.5 Å². The lowest BCUT2D eigenvalue weighted by molar-refractivity contribution is -0.151. The molecule has 0 N–H and O–H groups in total. The van der Waals surface area contributed by atoms with Crippen molar-refractivity contribution in [2.75, 3.05) is 6.61 Å². The summed E-state index contributed by atoms with van der Waals surface area (Å²) in [5.74, 6) is 0.393. The number of aryl methyl sites for hydroxylation is 1. The van der Waals surface area contributed by atoms with Crippen LogP contribution in [0.1, 0.15) is 40.1 Å². The summed E-state index contributed by atoms with van der Waals surface area (Å²) in [6.07, 6.45) is 0.806. The lowest BCUT2D eigenvalue weighted by atomic mass is 10.1. The molecule has 1 unspecified atom stereocenters. The smallest absolute Gasteiger partial charge is 0.352 e. The number of benzene rings is 3. The van der Waals surface area contributed by atoms with Crippen LogP contribution in [0.25, 0.3) is 6.08 Å². The van der Waals surface area contributed by atoms with Crippen LogP contribution in [-0.2, 0) is 9.53 Å². The molecule has 0 fully saturated rings. The molecule has 0 amide bonds. The second kappa shape index (κ2) is 8.88. The van der Waals surface area contributed by atoms with Gasteiger partial charge in [-0.2, -0.15) is 0 Å². The van der Waals surface area contributed by atoms with Gasteiger partial charge >= 0.3 is 5.97 Å². The fourth-order valence-electron chi connectivity index (χ4n) is 3.39. The van der Waals surface area contributed by atoms with Crippen LogP contribution < -0.4 is 9.47 Å². The third-order valence-electron chi connectivity index (χ3n) is 4.84. The molecular formula is C26H22O5. The van der Waals surface area contributed by atoms with E-state index in [1.165, 1.54) is 0 Å². The highest BCUT2D eigenvalue weighted by atomic mass is 16.6. The van der Waals surface area contributed by atoms with Gasteiger partial charge in [0.05, 0.1) is 12.2 Å². The van der Waals surface area contributed by atoms with Crippen LogP contribution in [0.4, 0.5) is 0 Å². The van der Waals surface area contributed by atoms with Crippen LogP contribution in [0.2, 0.25) is 0 Å². The van der Waals surface area contributed by atoms with Crippen LogP contribution in [-0.4, -0.2) is 18.4 Å². The summed E-state index contributed by atoms with van der Waals surface area (Å²) in [5.41, 5.74) is 3.12. The lowest BCUT2D eigenvalue weighted by Crippen LogP contribution is -2.21. The molecule has 0 saturated heterocycles. The highest BCUT2D eigenvalue weighted by Crippen LogP contribution is 2.36. The Hall–Kier alpha value is -3.86. The van der Waals surface area contributed by atoms with Crippen molar-refractivity contribution in [1.29, 1.82) is 0 Å². The van der Waals surface area contributed by atoms with Crippen molar-refractivity contribution in [2.24, 2.45) is 0 Å². The van der Waals surface area contributed by atoms with Crippen molar-refractivity contribution in [1.82, 2.24) is 0 Å². The number of fused-ring (bicyclic) bond motifs is 1. The van der Waals surface area contributed by atoms with E-state index in [2.05, 4.69) is 0 Å². The summed E-state index contributed by atoms with van der Waals surface area (Å²) >= 11 is 0. The summed E-state index contributed by atoms with van der Waals surface area (Å²) in [4.78, 5) is 25.2. The first-order valence-electron chi connectivity index (χ1n) is 10.1. The zero-order valence-corrected chi connectivity index (χ0v) is 17.3. The van der Waals surface area contributed by atoms with Crippen LogP contribution in [0, 0.1) is 6.92 Å². The minimum atomic E-state index is -0.918. The van der Waals surface area contributed by atoms with Gasteiger partial charge in [0.15, 0.2) is 5.76 Å². The van der Waals surface area contributed by atoms with Gasteiger partial charge in [-0.3, -0.25) is 4.79 Å². The van der Waals surface area contributed by atoms with E-state index < -0.39 is 12.1 Å². The fourth-order valence-corrected chi connectivity index (χ4v) is 3.39. The molecule has 156 valence electrons. The number of rotatable bonds is 6. The number of carbonyl (C=O) groups excluding carboxylic acids is 2. The molecule has 4 rings (SSSR count). The number of hydrogen-bond acceptors (Lipinski definition) is 5. The van der Waals surface area contributed by atoms with E-state index >= 15 is 0 Å². The van der Waals surface area contributed by atoms with E-state index in [-0.39, 0.29) is 18.1 Å².